The average Bonchev–Trinajstić information content (AvgIpc) is 2.88. The fourth-order valence-corrected chi connectivity index (χ4v) is 3.56. The Kier molecular flexibility index (Phi) is 7.45. The summed E-state index contributed by atoms with van der Waals surface area (Å²) in [7, 11) is 0. The molecule has 0 saturated carbocycles. The number of benzene rings is 4. The second kappa shape index (κ2) is 11.1. The van der Waals surface area contributed by atoms with Gasteiger partial charge in [-0.25, -0.2) is 4.39 Å². The Balaban J connectivity index is 1.57. The second-order valence-electron chi connectivity index (χ2n) is 7.72. The molecule has 4 nitrogen and oxygen atoms in total. The summed E-state index contributed by atoms with van der Waals surface area (Å²) >= 11 is 0. The Bertz CT molecular complexity index is 1190. The molecule has 0 aliphatic carbocycles. The van der Waals surface area contributed by atoms with Crippen LogP contribution in [-0.2, 0) is 32.3 Å². The lowest BCUT2D eigenvalue weighted by Crippen LogP contribution is -2.26. The lowest BCUT2D eigenvalue weighted by atomic mass is 9.95. The quantitative estimate of drug-likeness (QED) is 0.240. The zero-order valence-electron chi connectivity index (χ0n) is 18.4. The molecule has 0 aliphatic rings. The molecule has 0 N–H and O–H groups in total. The molecule has 0 spiro atoms. The van der Waals surface area contributed by atoms with E-state index in [0.717, 1.165) is 11.1 Å². The van der Waals surface area contributed by atoms with Crippen molar-refractivity contribution in [2.75, 3.05) is 0 Å². The zero-order chi connectivity index (χ0) is 23.8. The molecule has 0 amide bonds. The van der Waals surface area contributed by atoms with Crippen LogP contribution in [-0.4, -0.2) is 11.9 Å². The maximum Gasteiger partial charge on any atom is 0.325 e. The summed E-state index contributed by atoms with van der Waals surface area (Å²) in [6, 6.07) is 31.6. The number of hydrogen-bond acceptors (Lipinski definition) is 4. The van der Waals surface area contributed by atoms with Gasteiger partial charge in [-0.2, -0.15) is 0 Å². The van der Waals surface area contributed by atoms with Gasteiger partial charge in [0.15, 0.2) is 5.92 Å². The maximum atomic E-state index is 15.0. The van der Waals surface area contributed by atoms with Crippen LogP contribution in [0.5, 0.6) is 0 Å². The minimum absolute atomic E-state index is 0.00722. The molecule has 4 rings (SSSR count). The Morgan fingerprint density at radius 1 is 0.647 bits per heavy atom. The van der Waals surface area contributed by atoms with Crippen molar-refractivity contribution >= 4 is 11.9 Å². The first-order chi connectivity index (χ1) is 16.6. The predicted octanol–water partition coefficient (Wildman–Crippen LogP) is 6.06. The third-order valence-electron chi connectivity index (χ3n) is 5.33. The van der Waals surface area contributed by atoms with Crippen molar-refractivity contribution < 1.29 is 23.5 Å². The SMILES string of the molecule is O=C(OCc1ccccc1)C(C(=O)OCc1ccccc1)c1ccc(-c2ccccc2)c(F)c1. The molecule has 0 aromatic heterocycles. The van der Waals surface area contributed by atoms with Crippen LogP contribution in [0.2, 0.25) is 0 Å². The highest BCUT2D eigenvalue weighted by Crippen LogP contribution is 2.28. The highest BCUT2D eigenvalue weighted by molar-refractivity contribution is 6.01. The lowest BCUT2D eigenvalue weighted by Gasteiger charge is -2.17. The van der Waals surface area contributed by atoms with Gasteiger partial charge in [0, 0.05) is 5.56 Å². The zero-order valence-corrected chi connectivity index (χ0v) is 18.4. The van der Waals surface area contributed by atoms with E-state index in [1.54, 1.807) is 24.3 Å². The van der Waals surface area contributed by atoms with Gasteiger partial charge in [-0.15, -0.1) is 0 Å². The van der Waals surface area contributed by atoms with E-state index < -0.39 is 23.7 Å². The van der Waals surface area contributed by atoms with E-state index in [4.69, 9.17) is 9.47 Å². The number of rotatable bonds is 8. The van der Waals surface area contributed by atoms with Crippen LogP contribution in [0, 0.1) is 5.82 Å². The van der Waals surface area contributed by atoms with Crippen LogP contribution in [0.1, 0.15) is 22.6 Å². The Morgan fingerprint density at radius 2 is 1.12 bits per heavy atom. The average molecular weight is 454 g/mol. The van der Waals surface area contributed by atoms with Crippen LogP contribution >= 0.6 is 0 Å². The smallest absolute Gasteiger partial charge is 0.325 e. The summed E-state index contributed by atoms with van der Waals surface area (Å²) in [5, 5.41) is 0. The molecule has 0 heterocycles. The molecule has 0 fully saturated rings. The van der Waals surface area contributed by atoms with Gasteiger partial charge in [-0.1, -0.05) is 103 Å². The summed E-state index contributed by atoms with van der Waals surface area (Å²) in [4.78, 5) is 26.0. The lowest BCUT2D eigenvalue weighted by molar-refractivity contribution is -0.159. The van der Waals surface area contributed by atoms with Crippen molar-refractivity contribution in [1.82, 2.24) is 0 Å². The van der Waals surface area contributed by atoms with Crippen LogP contribution in [0.25, 0.3) is 11.1 Å². The minimum atomic E-state index is -1.41. The van der Waals surface area contributed by atoms with E-state index in [2.05, 4.69) is 0 Å². The van der Waals surface area contributed by atoms with Gasteiger partial charge in [0.2, 0.25) is 0 Å². The van der Waals surface area contributed by atoms with Crippen LogP contribution in [0.4, 0.5) is 4.39 Å². The standard InChI is InChI=1S/C29H23FO4/c30-26-18-24(16-17-25(26)23-14-8-3-9-15-23)27(28(31)33-19-21-10-4-1-5-11-21)29(32)34-20-22-12-6-2-7-13-22/h1-18,27H,19-20H2. The second-order valence-corrected chi connectivity index (χ2v) is 7.72. The number of halogens is 1. The number of ether oxygens (including phenoxy) is 2. The van der Waals surface area contributed by atoms with E-state index in [1.807, 2.05) is 78.9 Å². The van der Waals surface area contributed by atoms with E-state index >= 15 is 4.39 Å². The van der Waals surface area contributed by atoms with Crippen LogP contribution in [0.15, 0.2) is 109 Å². The van der Waals surface area contributed by atoms with Gasteiger partial charge >= 0.3 is 11.9 Å². The summed E-state index contributed by atoms with van der Waals surface area (Å²) in [5.74, 6) is -3.55. The summed E-state index contributed by atoms with van der Waals surface area (Å²) in [6.45, 7) is -0.0144. The van der Waals surface area contributed by atoms with Crippen molar-refractivity contribution in [3.05, 3.63) is 132 Å². The highest BCUT2D eigenvalue weighted by atomic mass is 19.1. The molecule has 0 aliphatic heterocycles. The maximum absolute atomic E-state index is 15.0. The van der Waals surface area contributed by atoms with E-state index in [0.29, 0.717) is 11.1 Å². The molecule has 0 atom stereocenters. The van der Waals surface area contributed by atoms with E-state index in [-0.39, 0.29) is 18.8 Å². The van der Waals surface area contributed by atoms with Crippen molar-refractivity contribution in [2.45, 2.75) is 19.1 Å². The van der Waals surface area contributed by atoms with Crippen LogP contribution < -0.4 is 0 Å². The van der Waals surface area contributed by atoms with Gasteiger partial charge in [-0.3, -0.25) is 9.59 Å². The van der Waals surface area contributed by atoms with E-state index in [9.17, 15) is 9.59 Å². The van der Waals surface area contributed by atoms with E-state index in [1.165, 1.54) is 6.07 Å². The Hall–Kier alpha value is -4.25. The predicted molar refractivity (Wildman–Crippen MR) is 127 cm³/mol. The number of carbonyl (C=O) groups excluding carboxylic acids is 2. The van der Waals surface area contributed by atoms with Crippen molar-refractivity contribution in [1.29, 1.82) is 0 Å². The molecular weight excluding hydrogens is 431 g/mol. The molecule has 0 unspecified atom stereocenters. The fraction of sp³-hybridized carbons (Fsp3) is 0.103. The topological polar surface area (TPSA) is 52.6 Å². The fourth-order valence-electron chi connectivity index (χ4n) is 3.56. The molecule has 0 saturated heterocycles. The minimum Gasteiger partial charge on any atom is -0.460 e. The molecule has 170 valence electrons. The first kappa shape index (κ1) is 22.9. The Morgan fingerprint density at radius 3 is 1.59 bits per heavy atom. The first-order valence-corrected chi connectivity index (χ1v) is 10.9. The summed E-state index contributed by atoms with van der Waals surface area (Å²) in [5.41, 5.74) is 2.80. The number of hydrogen-bond donors (Lipinski definition) is 0. The molecule has 4 aromatic carbocycles. The van der Waals surface area contributed by atoms with Gasteiger partial charge in [0.05, 0.1) is 0 Å². The third kappa shape index (κ3) is 5.75. The van der Waals surface area contributed by atoms with Gasteiger partial charge in [-0.05, 0) is 28.3 Å². The van der Waals surface area contributed by atoms with Crippen LogP contribution in [0.3, 0.4) is 0 Å². The molecule has 0 radical (unpaired) electrons. The van der Waals surface area contributed by atoms with Crippen molar-refractivity contribution in [2.24, 2.45) is 0 Å². The van der Waals surface area contributed by atoms with Crippen molar-refractivity contribution in [3.8, 4) is 11.1 Å². The molecule has 0 bridgehead atoms. The normalized spacial score (nSPS) is 10.6. The van der Waals surface area contributed by atoms with Gasteiger partial charge in [0.25, 0.3) is 0 Å². The monoisotopic (exact) mass is 454 g/mol. The first-order valence-electron chi connectivity index (χ1n) is 10.9. The summed E-state index contributed by atoms with van der Waals surface area (Å²) < 4.78 is 25.8. The molecule has 5 heteroatoms. The number of esters is 2. The summed E-state index contributed by atoms with van der Waals surface area (Å²) in [6.07, 6.45) is 0. The largest absolute Gasteiger partial charge is 0.460 e. The highest BCUT2D eigenvalue weighted by Gasteiger charge is 2.32. The number of carbonyl (C=O) groups is 2. The Labute approximate surface area is 197 Å². The molecule has 4 aromatic rings. The molecular formula is C29H23FO4. The van der Waals surface area contributed by atoms with Gasteiger partial charge < -0.3 is 9.47 Å². The molecule has 34 heavy (non-hydrogen) atoms. The third-order valence-corrected chi connectivity index (χ3v) is 5.33. The van der Waals surface area contributed by atoms with Gasteiger partial charge in [0.1, 0.15) is 19.0 Å². The van der Waals surface area contributed by atoms with Crippen molar-refractivity contribution in [3.63, 3.8) is 0 Å².